The van der Waals surface area contributed by atoms with E-state index in [9.17, 15) is 8.42 Å². The van der Waals surface area contributed by atoms with Crippen LogP contribution in [0.25, 0.3) is 0 Å². The van der Waals surface area contributed by atoms with Gasteiger partial charge in [0.15, 0.2) is 0 Å². The van der Waals surface area contributed by atoms with E-state index in [-0.39, 0.29) is 16.1 Å². The van der Waals surface area contributed by atoms with Crippen molar-refractivity contribution < 1.29 is 8.42 Å². The van der Waals surface area contributed by atoms with Gasteiger partial charge in [-0.3, -0.25) is 0 Å². The largest absolute Gasteiger partial charge is 0.398 e. The van der Waals surface area contributed by atoms with E-state index in [1.165, 1.54) is 6.07 Å². The summed E-state index contributed by atoms with van der Waals surface area (Å²) in [7, 11) is 0.246. The minimum absolute atomic E-state index is 0.132. The van der Waals surface area contributed by atoms with Crippen molar-refractivity contribution in [3.63, 3.8) is 0 Å². The van der Waals surface area contributed by atoms with Crippen LogP contribution < -0.4 is 10.5 Å². The van der Waals surface area contributed by atoms with Crippen LogP contribution in [0.5, 0.6) is 0 Å². The van der Waals surface area contributed by atoms with Gasteiger partial charge in [-0.15, -0.1) is 0 Å². The number of hydrogen-bond donors (Lipinski definition) is 2. The molecule has 0 aromatic heterocycles. The van der Waals surface area contributed by atoms with Crippen LogP contribution in [-0.4, -0.2) is 39.5 Å². The van der Waals surface area contributed by atoms with Gasteiger partial charge in [0.2, 0.25) is 10.0 Å². The standard InChI is InChI=1S/C13H23N3O2S/c1-10-6-7-12(11(14)8-10)19(17,18)15-9-13(2,3)16(4)5/h6-8,15H,9,14H2,1-5H3. The number of benzene rings is 1. The molecule has 0 aliphatic carbocycles. The Bertz CT molecular complexity index is 551. The quantitative estimate of drug-likeness (QED) is 0.797. The van der Waals surface area contributed by atoms with Crippen molar-refractivity contribution in [2.24, 2.45) is 0 Å². The molecule has 6 heteroatoms. The van der Waals surface area contributed by atoms with E-state index in [1.54, 1.807) is 12.1 Å². The van der Waals surface area contributed by atoms with Crippen LogP contribution in [0.1, 0.15) is 19.4 Å². The van der Waals surface area contributed by atoms with E-state index in [1.807, 2.05) is 39.8 Å². The van der Waals surface area contributed by atoms with E-state index in [0.717, 1.165) is 5.56 Å². The molecule has 0 atom stereocenters. The fourth-order valence-electron chi connectivity index (χ4n) is 1.42. The van der Waals surface area contributed by atoms with Gasteiger partial charge in [0, 0.05) is 12.1 Å². The normalized spacial score (nSPS) is 12.9. The SMILES string of the molecule is Cc1ccc(S(=O)(=O)NCC(C)(C)N(C)C)c(N)c1. The molecule has 0 radical (unpaired) electrons. The number of sulfonamides is 1. The lowest BCUT2D eigenvalue weighted by Crippen LogP contribution is -2.48. The van der Waals surface area contributed by atoms with Crippen LogP contribution in [0.4, 0.5) is 5.69 Å². The Morgan fingerprint density at radius 1 is 1.32 bits per heavy atom. The number of nitrogens with zero attached hydrogens (tertiary/aromatic N) is 1. The number of rotatable bonds is 5. The molecule has 0 heterocycles. The molecule has 0 aliphatic heterocycles. The smallest absolute Gasteiger partial charge is 0.242 e. The molecular formula is C13H23N3O2S. The molecule has 1 rings (SSSR count). The Hall–Kier alpha value is -1.11. The van der Waals surface area contributed by atoms with Gasteiger partial charge in [0.1, 0.15) is 4.90 Å². The van der Waals surface area contributed by atoms with Gasteiger partial charge < -0.3 is 10.6 Å². The lowest BCUT2D eigenvalue weighted by atomic mass is 10.1. The number of nitrogens with two attached hydrogens (primary N) is 1. The second-order valence-electron chi connectivity index (χ2n) is 5.57. The lowest BCUT2D eigenvalue weighted by molar-refractivity contribution is 0.199. The second-order valence-corrected chi connectivity index (χ2v) is 7.31. The highest BCUT2D eigenvalue weighted by Crippen LogP contribution is 2.20. The second kappa shape index (κ2) is 5.48. The number of nitrogen functional groups attached to an aromatic ring is 1. The fraction of sp³-hybridized carbons (Fsp3) is 0.538. The molecule has 1 aromatic rings. The molecule has 0 fully saturated rings. The first-order valence-corrected chi connectivity index (χ1v) is 7.58. The van der Waals surface area contributed by atoms with Crippen LogP contribution in [-0.2, 0) is 10.0 Å². The molecule has 0 bridgehead atoms. The molecule has 0 saturated heterocycles. The molecule has 19 heavy (non-hydrogen) atoms. The Morgan fingerprint density at radius 3 is 2.37 bits per heavy atom. The van der Waals surface area contributed by atoms with Crippen molar-refractivity contribution in [2.75, 3.05) is 26.4 Å². The third-order valence-corrected chi connectivity index (χ3v) is 4.84. The van der Waals surface area contributed by atoms with Crippen LogP contribution in [0.15, 0.2) is 23.1 Å². The summed E-state index contributed by atoms with van der Waals surface area (Å²) in [5.74, 6) is 0. The molecule has 5 nitrogen and oxygen atoms in total. The van der Waals surface area contributed by atoms with Gasteiger partial charge in [-0.05, 0) is 52.6 Å². The van der Waals surface area contributed by atoms with Crippen molar-refractivity contribution >= 4 is 15.7 Å². The minimum atomic E-state index is -3.58. The van der Waals surface area contributed by atoms with Gasteiger partial charge in [0.05, 0.1) is 5.69 Å². The molecule has 108 valence electrons. The lowest BCUT2D eigenvalue weighted by Gasteiger charge is -2.32. The zero-order valence-corrected chi connectivity index (χ0v) is 13.0. The first-order chi connectivity index (χ1) is 8.56. The summed E-state index contributed by atoms with van der Waals surface area (Å²) in [5.41, 5.74) is 6.71. The third-order valence-electron chi connectivity index (χ3n) is 3.36. The molecule has 0 saturated carbocycles. The Labute approximate surface area is 115 Å². The fourth-order valence-corrected chi connectivity index (χ4v) is 2.74. The van der Waals surface area contributed by atoms with Gasteiger partial charge in [-0.25, -0.2) is 13.1 Å². The first-order valence-electron chi connectivity index (χ1n) is 6.09. The van der Waals surface area contributed by atoms with Crippen LogP contribution in [0, 0.1) is 6.92 Å². The van der Waals surface area contributed by atoms with Crippen LogP contribution in [0.3, 0.4) is 0 Å². The summed E-state index contributed by atoms with van der Waals surface area (Å²) in [6.45, 7) is 6.12. The highest BCUT2D eigenvalue weighted by molar-refractivity contribution is 7.89. The zero-order chi connectivity index (χ0) is 14.8. The Kier molecular flexibility index (Phi) is 4.60. The molecule has 3 N–H and O–H groups in total. The highest BCUT2D eigenvalue weighted by atomic mass is 32.2. The highest BCUT2D eigenvalue weighted by Gasteiger charge is 2.25. The van der Waals surface area contributed by atoms with E-state index >= 15 is 0 Å². The summed E-state index contributed by atoms with van der Waals surface area (Å²) < 4.78 is 27.1. The van der Waals surface area contributed by atoms with Crippen LogP contribution >= 0.6 is 0 Å². The summed E-state index contributed by atoms with van der Waals surface area (Å²) in [6, 6.07) is 4.93. The number of aryl methyl sites for hydroxylation is 1. The number of nitrogens with one attached hydrogen (secondary N) is 1. The van der Waals surface area contributed by atoms with Crippen LogP contribution in [0.2, 0.25) is 0 Å². The predicted octanol–water partition coefficient (Wildman–Crippen LogP) is 1.20. The minimum Gasteiger partial charge on any atom is -0.398 e. The van der Waals surface area contributed by atoms with E-state index in [4.69, 9.17) is 5.73 Å². The van der Waals surface area contributed by atoms with Crippen molar-refractivity contribution in [3.05, 3.63) is 23.8 Å². The average Bonchev–Trinajstić information content (AvgIpc) is 2.26. The maximum atomic E-state index is 12.2. The van der Waals surface area contributed by atoms with E-state index < -0.39 is 10.0 Å². The van der Waals surface area contributed by atoms with Gasteiger partial charge in [0.25, 0.3) is 0 Å². The third kappa shape index (κ3) is 3.92. The van der Waals surface area contributed by atoms with Crippen molar-refractivity contribution in [1.29, 1.82) is 0 Å². The molecule has 0 spiro atoms. The topological polar surface area (TPSA) is 75.4 Å². The molecule has 0 amide bonds. The first kappa shape index (κ1) is 15.9. The number of anilines is 1. The number of likely N-dealkylation sites (N-methyl/N-ethyl adjacent to an activating group) is 1. The van der Waals surface area contributed by atoms with Crippen molar-refractivity contribution in [2.45, 2.75) is 31.2 Å². The Balaban J connectivity index is 2.94. The predicted molar refractivity (Wildman–Crippen MR) is 78.5 cm³/mol. The maximum Gasteiger partial charge on any atom is 0.242 e. The molecule has 0 unspecified atom stereocenters. The van der Waals surface area contributed by atoms with Gasteiger partial charge in [-0.1, -0.05) is 6.07 Å². The van der Waals surface area contributed by atoms with E-state index in [2.05, 4.69) is 4.72 Å². The van der Waals surface area contributed by atoms with Gasteiger partial charge >= 0.3 is 0 Å². The monoisotopic (exact) mass is 285 g/mol. The summed E-state index contributed by atoms with van der Waals surface area (Å²) in [5, 5.41) is 0. The zero-order valence-electron chi connectivity index (χ0n) is 12.2. The molecule has 0 aliphatic rings. The summed E-state index contributed by atoms with van der Waals surface area (Å²) >= 11 is 0. The maximum absolute atomic E-state index is 12.2. The van der Waals surface area contributed by atoms with Crippen molar-refractivity contribution in [3.8, 4) is 0 Å². The van der Waals surface area contributed by atoms with E-state index in [0.29, 0.717) is 6.54 Å². The summed E-state index contributed by atoms with van der Waals surface area (Å²) in [4.78, 5) is 2.10. The molecular weight excluding hydrogens is 262 g/mol. The molecule has 1 aromatic carbocycles. The van der Waals surface area contributed by atoms with Gasteiger partial charge in [-0.2, -0.15) is 0 Å². The average molecular weight is 285 g/mol. The summed E-state index contributed by atoms with van der Waals surface area (Å²) in [6.07, 6.45) is 0. The van der Waals surface area contributed by atoms with Crippen molar-refractivity contribution in [1.82, 2.24) is 9.62 Å². The number of hydrogen-bond acceptors (Lipinski definition) is 4. The Morgan fingerprint density at radius 2 is 1.89 bits per heavy atom.